The van der Waals surface area contributed by atoms with Crippen LogP contribution in [0, 0.1) is 27.7 Å². The maximum Gasteiger partial charge on any atom is 0.332 e. The number of fused-ring (bicyclic) bond motifs is 3. The largest absolute Gasteiger partial charge is 0.332 e. The zero-order chi connectivity index (χ0) is 21.9. The standard InChI is InChI=1S/C23H29N5O2/c1-8-15(4)27-16(5)17(6)28-19-20(24-22(27)28)25(7)23(30)26(21(19)29)12-18-11-13(2)9-10-14(18)3/h9-11,15H,8,12H2,1-7H3/t15-/m1/s1. The molecule has 0 N–H and O–H groups in total. The number of aromatic nitrogens is 5. The molecule has 7 heteroatoms. The molecule has 7 nitrogen and oxygen atoms in total. The van der Waals surface area contributed by atoms with Crippen LogP contribution in [0.25, 0.3) is 16.9 Å². The molecule has 0 saturated heterocycles. The normalized spacial score (nSPS) is 12.9. The van der Waals surface area contributed by atoms with E-state index in [9.17, 15) is 9.59 Å². The number of hydrogen-bond donors (Lipinski definition) is 0. The van der Waals surface area contributed by atoms with Gasteiger partial charge in [-0.25, -0.2) is 4.79 Å². The Morgan fingerprint density at radius 3 is 2.43 bits per heavy atom. The van der Waals surface area contributed by atoms with E-state index < -0.39 is 0 Å². The molecule has 0 spiro atoms. The second-order valence-corrected chi connectivity index (χ2v) is 8.38. The third kappa shape index (κ3) is 2.75. The van der Waals surface area contributed by atoms with Gasteiger partial charge in [-0.3, -0.25) is 18.3 Å². The van der Waals surface area contributed by atoms with Gasteiger partial charge in [0.15, 0.2) is 11.2 Å². The summed E-state index contributed by atoms with van der Waals surface area (Å²) >= 11 is 0. The molecule has 3 heterocycles. The van der Waals surface area contributed by atoms with E-state index in [1.54, 1.807) is 7.05 Å². The highest BCUT2D eigenvalue weighted by Crippen LogP contribution is 2.25. The van der Waals surface area contributed by atoms with Gasteiger partial charge in [0.2, 0.25) is 5.78 Å². The number of nitrogens with zero attached hydrogens (tertiary/aromatic N) is 5. The summed E-state index contributed by atoms with van der Waals surface area (Å²) in [6.07, 6.45) is 0.948. The Morgan fingerprint density at radius 2 is 1.77 bits per heavy atom. The molecule has 0 bridgehead atoms. The lowest BCUT2D eigenvalue weighted by atomic mass is 10.1. The Bertz CT molecular complexity index is 1410. The molecule has 4 aromatic rings. The van der Waals surface area contributed by atoms with Crippen molar-refractivity contribution in [3.63, 3.8) is 0 Å². The van der Waals surface area contributed by atoms with E-state index in [0.717, 1.165) is 34.5 Å². The maximum atomic E-state index is 13.6. The molecular weight excluding hydrogens is 378 g/mol. The van der Waals surface area contributed by atoms with Gasteiger partial charge in [-0.05, 0) is 52.2 Å². The first kappa shape index (κ1) is 20.2. The summed E-state index contributed by atoms with van der Waals surface area (Å²) in [7, 11) is 1.69. The van der Waals surface area contributed by atoms with Crippen LogP contribution >= 0.6 is 0 Å². The average Bonchev–Trinajstić information content (AvgIpc) is 3.21. The van der Waals surface area contributed by atoms with Crippen molar-refractivity contribution in [2.24, 2.45) is 7.05 Å². The van der Waals surface area contributed by atoms with Gasteiger partial charge in [-0.2, -0.15) is 4.98 Å². The Kier molecular flexibility index (Phi) is 4.71. The highest BCUT2D eigenvalue weighted by atomic mass is 16.2. The molecule has 0 amide bonds. The fourth-order valence-electron chi connectivity index (χ4n) is 4.27. The second-order valence-electron chi connectivity index (χ2n) is 8.38. The van der Waals surface area contributed by atoms with Crippen molar-refractivity contribution in [2.45, 2.75) is 60.5 Å². The van der Waals surface area contributed by atoms with Gasteiger partial charge in [0.25, 0.3) is 5.56 Å². The molecule has 1 atom stereocenters. The van der Waals surface area contributed by atoms with Crippen molar-refractivity contribution in [3.8, 4) is 0 Å². The molecule has 0 aliphatic rings. The fraction of sp³-hybridized carbons (Fsp3) is 0.435. The average molecular weight is 408 g/mol. The minimum Gasteiger partial charge on any atom is -0.311 e. The SMILES string of the molecule is CC[C@@H](C)n1c(C)c(C)n2c3c(=O)n(Cc4cc(C)ccc4C)c(=O)n(C)c3nc12. The van der Waals surface area contributed by atoms with Crippen LogP contribution in [0.2, 0.25) is 0 Å². The highest BCUT2D eigenvalue weighted by molar-refractivity contribution is 5.76. The monoisotopic (exact) mass is 407 g/mol. The van der Waals surface area contributed by atoms with Gasteiger partial charge in [0, 0.05) is 24.5 Å². The minimum absolute atomic E-state index is 0.242. The van der Waals surface area contributed by atoms with Crippen molar-refractivity contribution in [3.05, 3.63) is 67.1 Å². The predicted molar refractivity (Wildman–Crippen MR) is 120 cm³/mol. The lowest BCUT2D eigenvalue weighted by molar-refractivity contribution is 0.532. The third-order valence-corrected chi connectivity index (χ3v) is 6.43. The van der Waals surface area contributed by atoms with Crippen LogP contribution in [0.5, 0.6) is 0 Å². The van der Waals surface area contributed by atoms with Gasteiger partial charge < -0.3 is 4.57 Å². The van der Waals surface area contributed by atoms with Crippen molar-refractivity contribution in [2.75, 3.05) is 0 Å². The Hall–Kier alpha value is -3.09. The second kappa shape index (κ2) is 7.00. The molecule has 0 aliphatic carbocycles. The van der Waals surface area contributed by atoms with Crippen molar-refractivity contribution in [1.82, 2.24) is 23.1 Å². The molecule has 0 unspecified atom stereocenters. The predicted octanol–water partition coefficient (Wildman–Crippen LogP) is 3.40. The number of benzene rings is 1. The minimum atomic E-state index is -0.348. The van der Waals surface area contributed by atoms with Crippen molar-refractivity contribution >= 4 is 16.9 Å². The van der Waals surface area contributed by atoms with Crippen LogP contribution in [0.15, 0.2) is 27.8 Å². The smallest absolute Gasteiger partial charge is 0.311 e. The molecule has 3 aromatic heterocycles. The molecule has 158 valence electrons. The molecule has 0 fully saturated rings. The number of rotatable bonds is 4. The summed E-state index contributed by atoms with van der Waals surface area (Å²) < 4.78 is 6.89. The van der Waals surface area contributed by atoms with E-state index in [2.05, 4.69) is 25.3 Å². The molecular formula is C23H29N5O2. The summed E-state index contributed by atoms with van der Waals surface area (Å²) in [6.45, 7) is 12.6. The van der Waals surface area contributed by atoms with E-state index in [0.29, 0.717) is 16.9 Å². The molecule has 4 rings (SSSR count). The van der Waals surface area contributed by atoms with Gasteiger partial charge in [0.05, 0.1) is 6.54 Å². The molecule has 0 aliphatic heterocycles. The zero-order valence-electron chi connectivity index (χ0n) is 18.8. The lowest BCUT2D eigenvalue weighted by Crippen LogP contribution is -2.39. The first-order valence-corrected chi connectivity index (χ1v) is 10.4. The highest BCUT2D eigenvalue weighted by Gasteiger charge is 2.24. The van der Waals surface area contributed by atoms with Crippen molar-refractivity contribution < 1.29 is 0 Å². The Morgan fingerprint density at radius 1 is 1.07 bits per heavy atom. The topological polar surface area (TPSA) is 66.2 Å². The van der Waals surface area contributed by atoms with Gasteiger partial charge >= 0.3 is 5.69 Å². The summed E-state index contributed by atoms with van der Waals surface area (Å²) in [6, 6.07) is 6.33. The summed E-state index contributed by atoms with van der Waals surface area (Å²) in [5.74, 6) is 0.714. The van der Waals surface area contributed by atoms with E-state index in [1.165, 1.54) is 9.13 Å². The van der Waals surface area contributed by atoms with E-state index >= 15 is 0 Å². The molecule has 30 heavy (non-hydrogen) atoms. The Balaban J connectivity index is 2.08. The summed E-state index contributed by atoms with van der Waals surface area (Å²) in [4.78, 5) is 31.4. The fourth-order valence-corrected chi connectivity index (χ4v) is 4.27. The molecule has 1 aromatic carbocycles. The first-order chi connectivity index (χ1) is 14.2. The third-order valence-electron chi connectivity index (χ3n) is 6.43. The maximum absolute atomic E-state index is 13.6. The number of aryl methyl sites for hydroxylation is 4. The van der Waals surface area contributed by atoms with Gasteiger partial charge in [-0.15, -0.1) is 0 Å². The van der Waals surface area contributed by atoms with Crippen LogP contribution in [-0.2, 0) is 13.6 Å². The number of imidazole rings is 2. The quantitative estimate of drug-likeness (QED) is 0.521. The zero-order valence-corrected chi connectivity index (χ0v) is 18.8. The van der Waals surface area contributed by atoms with Crippen LogP contribution in [0.1, 0.15) is 54.4 Å². The molecule has 0 radical (unpaired) electrons. The van der Waals surface area contributed by atoms with E-state index in [-0.39, 0.29) is 23.8 Å². The Labute approximate surface area is 175 Å². The van der Waals surface area contributed by atoms with Crippen LogP contribution in [-0.4, -0.2) is 23.1 Å². The number of hydrogen-bond acceptors (Lipinski definition) is 3. The summed E-state index contributed by atoms with van der Waals surface area (Å²) in [5, 5.41) is 0. The van der Waals surface area contributed by atoms with Crippen molar-refractivity contribution in [1.29, 1.82) is 0 Å². The van der Waals surface area contributed by atoms with E-state index in [1.807, 2.05) is 43.4 Å². The van der Waals surface area contributed by atoms with E-state index in [4.69, 9.17) is 4.98 Å². The van der Waals surface area contributed by atoms with Crippen LogP contribution in [0.3, 0.4) is 0 Å². The van der Waals surface area contributed by atoms with Gasteiger partial charge in [-0.1, -0.05) is 30.7 Å². The molecule has 0 saturated carbocycles. The van der Waals surface area contributed by atoms with Crippen LogP contribution < -0.4 is 11.2 Å². The first-order valence-electron chi connectivity index (χ1n) is 10.4. The lowest BCUT2D eigenvalue weighted by Gasteiger charge is -2.13. The van der Waals surface area contributed by atoms with Gasteiger partial charge in [0.1, 0.15) is 0 Å². The van der Waals surface area contributed by atoms with Crippen LogP contribution in [0.4, 0.5) is 0 Å². The summed E-state index contributed by atoms with van der Waals surface area (Å²) in [5.41, 5.74) is 5.43.